The Bertz CT molecular complexity index is 577. The van der Waals surface area contributed by atoms with E-state index in [9.17, 15) is 4.79 Å². The summed E-state index contributed by atoms with van der Waals surface area (Å²) in [4.78, 5) is 12.0. The summed E-state index contributed by atoms with van der Waals surface area (Å²) in [6.45, 7) is 6.41. The van der Waals surface area contributed by atoms with E-state index in [-0.39, 0.29) is 11.2 Å². The van der Waals surface area contributed by atoms with E-state index in [4.69, 9.17) is 4.74 Å². The van der Waals surface area contributed by atoms with Crippen LogP contribution in [0.2, 0.25) is 0 Å². The molecule has 0 fully saturated rings. The molecule has 0 atom stereocenters. The predicted octanol–water partition coefficient (Wildman–Crippen LogP) is 4.42. The number of carbonyl (C=O) groups is 1. The summed E-state index contributed by atoms with van der Waals surface area (Å²) in [5, 5.41) is 0. The second-order valence-electron chi connectivity index (χ2n) is 6.27. The smallest absolute Gasteiger partial charge is 0.142 e. The Morgan fingerprint density at radius 1 is 0.905 bits per heavy atom. The maximum absolute atomic E-state index is 12.0. The molecule has 0 heterocycles. The van der Waals surface area contributed by atoms with E-state index in [0.717, 1.165) is 16.9 Å². The maximum Gasteiger partial charge on any atom is 0.142 e. The number of benzene rings is 2. The molecule has 0 unspecified atom stereocenters. The van der Waals surface area contributed by atoms with Crippen molar-refractivity contribution in [2.75, 3.05) is 0 Å². The van der Waals surface area contributed by atoms with Crippen LogP contribution >= 0.6 is 0 Å². The minimum absolute atomic E-state index is 0.250. The highest BCUT2D eigenvalue weighted by Crippen LogP contribution is 2.20. The van der Waals surface area contributed by atoms with E-state index in [1.165, 1.54) is 0 Å². The number of carbonyl (C=O) groups excluding carboxylic acids is 1. The summed E-state index contributed by atoms with van der Waals surface area (Å²) in [5.74, 6) is 1.08. The summed E-state index contributed by atoms with van der Waals surface area (Å²) >= 11 is 0. The first-order chi connectivity index (χ1) is 9.95. The fraction of sp³-hybridized carbons (Fsp3) is 0.316. The number of ether oxygens (including phenoxy) is 1. The van der Waals surface area contributed by atoms with Crippen molar-refractivity contribution in [2.45, 2.75) is 33.8 Å². The van der Waals surface area contributed by atoms with E-state index in [1.54, 1.807) is 0 Å². The van der Waals surface area contributed by atoms with Gasteiger partial charge in [-0.1, -0.05) is 63.2 Å². The number of hydrogen-bond acceptors (Lipinski definition) is 2. The first kappa shape index (κ1) is 15.3. The lowest BCUT2D eigenvalue weighted by atomic mass is 9.87. The number of hydrogen-bond donors (Lipinski definition) is 0. The van der Waals surface area contributed by atoms with Gasteiger partial charge in [0.2, 0.25) is 0 Å². The maximum atomic E-state index is 12.0. The molecule has 2 aromatic carbocycles. The van der Waals surface area contributed by atoms with Crippen molar-refractivity contribution >= 4 is 5.78 Å². The van der Waals surface area contributed by atoms with E-state index in [0.29, 0.717) is 13.0 Å². The molecule has 0 spiro atoms. The molecule has 2 aromatic rings. The van der Waals surface area contributed by atoms with Gasteiger partial charge in [-0.05, 0) is 23.3 Å². The zero-order valence-electron chi connectivity index (χ0n) is 12.9. The molecule has 0 amide bonds. The SMILES string of the molecule is CC(C)(C)C(=O)Cc1ccc(OCc2ccccc2)cc1. The van der Waals surface area contributed by atoms with Gasteiger partial charge < -0.3 is 4.74 Å². The van der Waals surface area contributed by atoms with E-state index in [1.807, 2.05) is 75.4 Å². The van der Waals surface area contributed by atoms with Crippen LogP contribution in [0.25, 0.3) is 0 Å². The van der Waals surface area contributed by atoms with Crippen LogP contribution in [0.3, 0.4) is 0 Å². The minimum Gasteiger partial charge on any atom is -0.489 e. The van der Waals surface area contributed by atoms with Crippen molar-refractivity contribution < 1.29 is 9.53 Å². The summed E-state index contributed by atoms with van der Waals surface area (Å²) in [6, 6.07) is 17.8. The number of rotatable bonds is 5. The van der Waals surface area contributed by atoms with Gasteiger partial charge in [-0.25, -0.2) is 0 Å². The summed E-state index contributed by atoms with van der Waals surface area (Å²) < 4.78 is 5.73. The molecule has 0 N–H and O–H groups in total. The number of ketones is 1. The van der Waals surface area contributed by atoms with Crippen molar-refractivity contribution in [2.24, 2.45) is 5.41 Å². The quantitative estimate of drug-likeness (QED) is 0.811. The molecule has 0 saturated heterocycles. The highest BCUT2D eigenvalue weighted by Gasteiger charge is 2.20. The van der Waals surface area contributed by atoms with Gasteiger partial charge in [0.15, 0.2) is 0 Å². The molecule has 0 aromatic heterocycles. The summed E-state index contributed by atoms with van der Waals surface area (Å²) in [7, 11) is 0. The average molecular weight is 282 g/mol. The highest BCUT2D eigenvalue weighted by atomic mass is 16.5. The first-order valence-corrected chi connectivity index (χ1v) is 7.24. The Labute approximate surface area is 126 Å². The van der Waals surface area contributed by atoms with Crippen LogP contribution in [0.5, 0.6) is 5.75 Å². The normalized spacial score (nSPS) is 11.2. The Morgan fingerprint density at radius 3 is 2.10 bits per heavy atom. The second-order valence-corrected chi connectivity index (χ2v) is 6.27. The fourth-order valence-electron chi connectivity index (χ4n) is 1.89. The molecule has 0 bridgehead atoms. The van der Waals surface area contributed by atoms with Crippen molar-refractivity contribution in [3.63, 3.8) is 0 Å². The average Bonchev–Trinajstić information content (AvgIpc) is 2.46. The van der Waals surface area contributed by atoms with Gasteiger partial charge in [-0.15, -0.1) is 0 Å². The molecule has 0 radical (unpaired) electrons. The van der Waals surface area contributed by atoms with Gasteiger partial charge in [-0.3, -0.25) is 4.79 Å². The Hall–Kier alpha value is -2.09. The van der Waals surface area contributed by atoms with Crippen LogP contribution in [0.1, 0.15) is 31.9 Å². The van der Waals surface area contributed by atoms with Crippen molar-refractivity contribution in [1.29, 1.82) is 0 Å². The van der Waals surface area contributed by atoms with Crippen molar-refractivity contribution in [3.05, 3.63) is 65.7 Å². The van der Waals surface area contributed by atoms with Crippen LogP contribution in [0, 0.1) is 5.41 Å². The second kappa shape index (κ2) is 6.57. The first-order valence-electron chi connectivity index (χ1n) is 7.24. The van der Waals surface area contributed by atoms with Gasteiger partial charge in [-0.2, -0.15) is 0 Å². The van der Waals surface area contributed by atoms with Crippen LogP contribution < -0.4 is 4.74 Å². The van der Waals surface area contributed by atoms with Crippen LogP contribution in [0.15, 0.2) is 54.6 Å². The molecular formula is C19H22O2. The highest BCUT2D eigenvalue weighted by molar-refractivity contribution is 5.85. The van der Waals surface area contributed by atoms with E-state index >= 15 is 0 Å². The monoisotopic (exact) mass is 282 g/mol. The topological polar surface area (TPSA) is 26.3 Å². The Morgan fingerprint density at radius 2 is 1.52 bits per heavy atom. The van der Waals surface area contributed by atoms with Gasteiger partial charge in [0, 0.05) is 11.8 Å². The van der Waals surface area contributed by atoms with Crippen LogP contribution in [0.4, 0.5) is 0 Å². The van der Waals surface area contributed by atoms with E-state index < -0.39 is 0 Å². The lowest BCUT2D eigenvalue weighted by molar-refractivity contribution is -0.125. The van der Waals surface area contributed by atoms with Crippen LogP contribution in [-0.2, 0) is 17.8 Å². The molecular weight excluding hydrogens is 260 g/mol. The lowest BCUT2D eigenvalue weighted by Crippen LogP contribution is -2.21. The third kappa shape index (κ3) is 4.75. The number of Topliss-reactive ketones (excluding diaryl/α,β-unsaturated/α-hetero) is 1. The third-order valence-corrected chi connectivity index (χ3v) is 3.37. The van der Waals surface area contributed by atoms with Crippen LogP contribution in [-0.4, -0.2) is 5.78 Å². The largest absolute Gasteiger partial charge is 0.489 e. The fourth-order valence-corrected chi connectivity index (χ4v) is 1.89. The molecule has 2 heteroatoms. The zero-order valence-corrected chi connectivity index (χ0v) is 12.9. The zero-order chi connectivity index (χ0) is 15.3. The molecule has 0 saturated carbocycles. The molecule has 2 nitrogen and oxygen atoms in total. The standard InChI is InChI=1S/C19H22O2/c1-19(2,3)18(20)13-15-9-11-17(12-10-15)21-14-16-7-5-4-6-8-16/h4-12H,13-14H2,1-3H3. The van der Waals surface area contributed by atoms with E-state index in [2.05, 4.69) is 0 Å². The van der Waals surface area contributed by atoms with Crippen molar-refractivity contribution in [1.82, 2.24) is 0 Å². The van der Waals surface area contributed by atoms with Gasteiger partial charge >= 0.3 is 0 Å². The third-order valence-electron chi connectivity index (χ3n) is 3.37. The molecule has 110 valence electrons. The molecule has 0 aliphatic heterocycles. The molecule has 2 rings (SSSR count). The van der Waals surface area contributed by atoms with Crippen molar-refractivity contribution in [3.8, 4) is 5.75 Å². The molecule has 0 aliphatic rings. The Kier molecular flexibility index (Phi) is 4.79. The lowest BCUT2D eigenvalue weighted by Gasteiger charge is -2.16. The predicted molar refractivity (Wildman–Crippen MR) is 85.4 cm³/mol. The summed E-state index contributed by atoms with van der Waals surface area (Å²) in [5.41, 5.74) is 1.88. The van der Waals surface area contributed by atoms with Gasteiger partial charge in [0.05, 0.1) is 0 Å². The van der Waals surface area contributed by atoms with Gasteiger partial charge in [0.25, 0.3) is 0 Å². The Balaban J connectivity index is 1.92. The summed E-state index contributed by atoms with van der Waals surface area (Å²) in [6.07, 6.45) is 0.475. The molecule has 21 heavy (non-hydrogen) atoms. The molecule has 0 aliphatic carbocycles. The van der Waals surface area contributed by atoms with Gasteiger partial charge in [0.1, 0.15) is 18.1 Å². The minimum atomic E-state index is -0.289.